The van der Waals surface area contributed by atoms with Gasteiger partial charge in [0.2, 0.25) is 5.91 Å². The predicted molar refractivity (Wildman–Crippen MR) is 85.3 cm³/mol. The van der Waals surface area contributed by atoms with Crippen LogP contribution < -0.4 is 21.7 Å². The van der Waals surface area contributed by atoms with Gasteiger partial charge in [0.1, 0.15) is 0 Å². The van der Waals surface area contributed by atoms with E-state index in [1.165, 1.54) is 0 Å². The minimum Gasteiger partial charge on any atom is -0.548 e. The van der Waals surface area contributed by atoms with E-state index in [4.69, 9.17) is 0 Å². The number of carboxylic acids is 1. The molecule has 8 heteroatoms. The summed E-state index contributed by atoms with van der Waals surface area (Å²) in [5.74, 6) is -1.70. The molecule has 8 nitrogen and oxygen atoms in total. The SMILES string of the molecule is O=C([O-])CNC(=O)CCCCCn1c(=O)[nH]c2ccccc2c1=O. The molecule has 2 rings (SSSR count). The Kier molecular flexibility index (Phi) is 5.89. The van der Waals surface area contributed by atoms with Crippen LogP contribution in [0.5, 0.6) is 0 Å². The van der Waals surface area contributed by atoms with E-state index >= 15 is 0 Å². The second kappa shape index (κ2) is 8.09. The van der Waals surface area contributed by atoms with Crippen LogP contribution in [-0.2, 0) is 16.1 Å². The number of aromatic nitrogens is 2. The molecule has 2 aromatic rings. The molecule has 128 valence electrons. The highest BCUT2D eigenvalue weighted by Gasteiger charge is 2.07. The van der Waals surface area contributed by atoms with E-state index in [0.29, 0.717) is 30.2 Å². The highest BCUT2D eigenvalue weighted by atomic mass is 16.4. The van der Waals surface area contributed by atoms with E-state index in [9.17, 15) is 24.3 Å². The third-order valence-electron chi connectivity index (χ3n) is 3.60. The number of nitrogens with one attached hydrogen (secondary N) is 2. The van der Waals surface area contributed by atoms with Crippen molar-refractivity contribution >= 4 is 22.8 Å². The number of carbonyl (C=O) groups is 2. The Morgan fingerprint density at radius 1 is 1.12 bits per heavy atom. The average Bonchev–Trinajstić information content (AvgIpc) is 2.55. The van der Waals surface area contributed by atoms with Crippen LogP contribution in [0.15, 0.2) is 33.9 Å². The number of hydrogen-bond donors (Lipinski definition) is 2. The fourth-order valence-corrected chi connectivity index (χ4v) is 2.39. The number of hydrogen-bond acceptors (Lipinski definition) is 5. The number of rotatable bonds is 8. The first kappa shape index (κ1) is 17.5. The molecule has 0 aliphatic rings. The van der Waals surface area contributed by atoms with Crippen LogP contribution in [0.25, 0.3) is 10.9 Å². The van der Waals surface area contributed by atoms with Gasteiger partial charge in [-0.1, -0.05) is 18.6 Å². The van der Waals surface area contributed by atoms with Gasteiger partial charge in [-0.3, -0.25) is 14.2 Å². The Balaban J connectivity index is 1.86. The van der Waals surface area contributed by atoms with E-state index < -0.39 is 18.2 Å². The van der Waals surface area contributed by atoms with Crippen molar-refractivity contribution in [3.05, 3.63) is 45.1 Å². The molecule has 0 radical (unpaired) electrons. The normalized spacial score (nSPS) is 10.7. The number of fused-ring (bicyclic) bond motifs is 1. The van der Waals surface area contributed by atoms with E-state index in [1.54, 1.807) is 24.3 Å². The van der Waals surface area contributed by atoms with Crippen molar-refractivity contribution in [3.63, 3.8) is 0 Å². The zero-order chi connectivity index (χ0) is 17.5. The largest absolute Gasteiger partial charge is 0.548 e. The van der Waals surface area contributed by atoms with Gasteiger partial charge in [0, 0.05) is 13.0 Å². The summed E-state index contributed by atoms with van der Waals surface area (Å²) in [6.07, 6.45) is 1.93. The molecule has 0 fully saturated rings. The molecule has 0 aliphatic carbocycles. The monoisotopic (exact) mass is 332 g/mol. The van der Waals surface area contributed by atoms with Gasteiger partial charge in [0.15, 0.2) is 0 Å². The molecule has 0 atom stereocenters. The Hall–Kier alpha value is -2.90. The number of H-pyrrole nitrogens is 1. The number of nitrogens with zero attached hydrogens (tertiary/aromatic N) is 1. The van der Waals surface area contributed by atoms with E-state index in [2.05, 4.69) is 10.3 Å². The summed E-state index contributed by atoms with van der Waals surface area (Å²) in [5, 5.41) is 12.9. The van der Waals surface area contributed by atoms with Crippen LogP contribution in [0.1, 0.15) is 25.7 Å². The maximum absolute atomic E-state index is 12.3. The van der Waals surface area contributed by atoms with Gasteiger partial charge < -0.3 is 20.2 Å². The molecule has 0 saturated heterocycles. The lowest BCUT2D eigenvalue weighted by Gasteiger charge is -2.07. The van der Waals surface area contributed by atoms with Gasteiger partial charge in [-0.05, 0) is 25.0 Å². The van der Waals surface area contributed by atoms with Crippen molar-refractivity contribution in [1.29, 1.82) is 0 Å². The Labute approximate surface area is 137 Å². The number of benzene rings is 1. The van der Waals surface area contributed by atoms with Crippen molar-refractivity contribution in [3.8, 4) is 0 Å². The van der Waals surface area contributed by atoms with Crippen LogP contribution in [0, 0.1) is 0 Å². The first-order chi connectivity index (χ1) is 11.5. The van der Waals surface area contributed by atoms with E-state index in [-0.39, 0.29) is 24.4 Å². The van der Waals surface area contributed by atoms with Crippen LogP contribution in [0.2, 0.25) is 0 Å². The number of para-hydroxylation sites is 1. The standard InChI is InChI=1S/C16H19N3O5/c20-13(17-10-14(21)22)8-2-1-5-9-19-15(23)11-6-3-4-7-12(11)18-16(19)24/h3-4,6-7H,1-2,5,8-10H2,(H,17,20)(H,18,24)(H,21,22)/p-1. The number of aliphatic carboxylic acids is 1. The van der Waals surface area contributed by atoms with Gasteiger partial charge in [0.25, 0.3) is 5.56 Å². The summed E-state index contributed by atoms with van der Waals surface area (Å²) >= 11 is 0. The number of amides is 1. The topological polar surface area (TPSA) is 124 Å². The summed E-state index contributed by atoms with van der Waals surface area (Å²) < 4.78 is 1.15. The van der Waals surface area contributed by atoms with Crippen LogP contribution in [0.3, 0.4) is 0 Å². The first-order valence-corrected chi connectivity index (χ1v) is 7.67. The molecule has 1 aromatic heterocycles. The molecule has 1 amide bonds. The van der Waals surface area contributed by atoms with Crippen LogP contribution in [-0.4, -0.2) is 28.0 Å². The fourth-order valence-electron chi connectivity index (χ4n) is 2.39. The molecule has 0 unspecified atom stereocenters. The van der Waals surface area contributed by atoms with E-state index in [0.717, 1.165) is 4.57 Å². The predicted octanol–water partition coefficient (Wildman–Crippen LogP) is -0.884. The summed E-state index contributed by atoms with van der Waals surface area (Å²) in [6.45, 7) is -0.236. The number of carboxylic acid groups (broad SMARTS) is 1. The van der Waals surface area contributed by atoms with Crippen molar-refractivity contribution in [2.24, 2.45) is 0 Å². The Morgan fingerprint density at radius 2 is 1.88 bits per heavy atom. The third-order valence-corrected chi connectivity index (χ3v) is 3.60. The molecule has 0 spiro atoms. The molecule has 0 saturated carbocycles. The molecule has 1 aromatic carbocycles. The molecule has 1 heterocycles. The maximum atomic E-state index is 12.3. The van der Waals surface area contributed by atoms with Gasteiger partial charge in [-0.15, -0.1) is 0 Å². The molecular weight excluding hydrogens is 314 g/mol. The molecule has 0 bridgehead atoms. The number of aromatic amines is 1. The third kappa shape index (κ3) is 4.55. The van der Waals surface area contributed by atoms with E-state index in [1.807, 2.05) is 0 Å². The second-order valence-corrected chi connectivity index (χ2v) is 5.39. The summed E-state index contributed by atoms with van der Waals surface area (Å²) in [4.78, 5) is 48.4. The second-order valence-electron chi connectivity index (χ2n) is 5.39. The lowest BCUT2D eigenvalue weighted by molar-refractivity contribution is -0.304. The number of unbranched alkanes of at least 4 members (excludes halogenated alkanes) is 2. The molecular formula is C16H18N3O5-. The Morgan fingerprint density at radius 3 is 2.62 bits per heavy atom. The summed E-state index contributed by atoms with van der Waals surface area (Å²) in [7, 11) is 0. The van der Waals surface area contributed by atoms with Gasteiger partial charge in [0.05, 0.1) is 23.4 Å². The molecule has 24 heavy (non-hydrogen) atoms. The van der Waals surface area contributed by atoms with Gasteiger partial charge >= 0.3 is 5.69 Å². The van der Waals surface area contributed by atoms with Crippen LogP contribution >= 0.6 is 0 Å². The maximum Gasteiger partial charge on any atom is 0.328 e. The fraction of sp³-hybridized carbons (Fsp3) is 0.375. The number of carbonyl (C=O) groups excluding carboxylic acids is 2. The quantitative estimate of drug-likeness (QED) is 0.607. The molecule has 0 aliphatic heterocycles. The van der Waals surface area contributed by atoms with Gasteiger partial charge in [-0.2, -0.15) is 0 Å². The summed E-state index contributed by atoms with van der Waals surface area (Å²) in [6, 6.07) is 6.81. The zero-order valence-electron chi connectivity index (χ0n) is 13.0. The van der Waals surface area contributed by atoms with Crippen molar-refractivity contribution < 1.29 is 14.7 Å². The van der Waals surface area contributed by atoms with Crippen molar-refractivity contribution in [2.75, 3.05) is 6.54 Å². The Bertz CT molecular complexity index is 853. The average molecular weight is 332 g/mol. The lowest BCUT2D eigenvalue weighted by atomic mass is 10.2. The molecule has 2 N–H and O–H groups in total. The van der Waals surface area contributed by atoms with Crippen molar-refractivity contribution in [2.45, 2.75) is 32.2 Å². The zero-order valence-corrected chi connectivity index (χ0v) is 13.0. The van der Waals surface area contributed by atoms with Crippen LogP contribution in [0.4, 0.5) is 0 Å². The highest BCUT2D eigenvalue weighted by Crippen LogP contribution is 2.04. The lowest BCUT2D eigenvalue weighted by Crippen LogP contribution is -2.37. The van der Waals surface area contributed by atoms with Gasteiger partial charge in [-0.25, -0.2) is 4.79 Å². The van der Waals surface area contributed by atoms with Crippen molar-refractivity contribution in [1.82, 2.24) is 14.9 Å². The minimum atomic E-state index is -1.33. The smallest absolute Gasteiger partial charge is 0.328 e. The minimum absolute atomic E-state index is 0.191. The summed E-state index contributed by atoms with van der Waals surface area (Å²) in [5.41, 5.74) is -0.278. The highest BCUT2D eigenvalue weighted by molar-refractivity contribution is 5.80. The first-order valence-electron chi connectivity index (χ1n) is 7.67.